The van der Waals surface area contributed by atoms with Gasteiger partial charge in [-0.05, 0) is 30.7 Å². The van der Waals surface area contributed by atoms with Crippen LogP contribution in [0, 0.1) is 0 Å². The van der Waals surface area contributed by atoms with E-state index >= 15 is 0 Å². The third-order valence-electron chi connectivity index (χ3n) is 2.46. The SMILES string of the molecule is CCN(c1ccc(OC)cc1CN)S(C)(=O)=O. The third kappa shape index (κ3) is 3.10. The minimum atomic E-state index is -3.28. The summed E-state index contributed by atoms with van der Waals surface area (Å²) in [5.74, 6) is 0.666. The van der Waals surface area contributed by atoms with Crippen molar-refractivity contribution < 1.29 is 13.2 Å². The summed E-state index contributed by atoms with van der Waals surface area (Å²) in [5, 5.41) is 0. The molecule has 96 valence electrons. The number of anilines is 1. The molecule has 0 spiro atoms. The van der Waals surface area contributed by atoms with Gasteiger partial charge in [-0.3, -0.25) is 4.31 Å². The predicted octanol–water partition coefficient (Wildman–Crippen LogP) is 0.940. The van der Waals surface area contributed by atoms with Gasteiger partial charge < -0.3 is 10.5 Å². The number of nitrogens with zero attached hydrogens (tertiary/aromatic N) is 1. The Morgan fingerprint density at radius 3 is 2.47 bits per heavy atom. The third-order valence-corrected chi connectivity index (χ3v) is 3.72. The lowest BCUT2D eigenvalue weighted by atomic mass is 10.1. The van der Waals surface area contributed by atoms with E-state index in [2.05, 4.69) is 0 Å². The number of rotatable bonds is 5. The first-order valence-corrected chi connectivity index (χ1v) is 7.13. The van der Waals surface area contributed by atoms with Crippen LogP contribution in [0.1, 0.15) is 12.5 Å². The van der Waals surface area contributed by atoms with Gasteiger partial charge in [-0.2, -0.15) is 0 Å². The molecule has 0 aromatic heterocycles. The highest BCUT2D eigenvalue weighted by Crippen LogP contribution is 2.26. The predicted molar refractivity (Wildman–Crippen MR) is 68.7 cm³/mol. The fourth-order valence-corrected chi connectivity index (χ4v) is 2.68. The summed E-state index contributed by atoms with van der Waals surface area (Å²) in [6.45, 7) is 2.42. The zero-order chi connectivity index (χ0) is 13.1. The van der Waals surface area contributed by atoms with Crippen molar-refractivity contribution in [1.29, 1.82) is 0 Å². The van der Waals surface area contributed by atoms with Crippen LogP contribution < -0.4 is 14.8 Å². The Labute approximate surface area is 102 Å². The Balaban J connectivity index is 3.29. The summed E-state index contributed by atoms with van der Waals surface area (Å²) in [5.41, 5.74) is 6.99. The van der Waals surface area contributed by atoms with E-state index in [4.69, 9.17) is 10.5 Å². The maximum atomic E-state index is 11.6. The van der Waals surface area contributed by atoms with Crippen LogP contribution in [-0.2, 0) is 16.6 Å². The van der Waals surface area contributed by atoms with Crippen molar-refractivity contribution in [2.75, 3.05) is 24.2 Å². The van der Waals surface area contributed by atoms with Gasteiger partial charge in [-0.15, -0.1) is 0 Å². The monoisotopic (exact) mass is 258 g/mol. The van der Waals surface area contributed by atoms with Gasteiger partial charge in [0, 0.05) is 13.1 Å². The van der Waals surface area contributed by atoms with Crippen molar-refractivity contribution >= 4 is 15.7 Å². The maximum absolute atomic E-state index is 11.6. The van der Waals surface area contributed by atoms with Crippen LogP contribution in [0.15, 0.2) is 18.2 Å². The number of hydrogen-bond acceptors (Lipinski definition) is 4. The Morgan fingerprint density at radius 1 is 1.41 bits per heavy atom. The first-order chi connectivity index (χ1) is 7.93. The van der Waals surface area contributed by atoms with Gasteiger partial charge in [0.05, 0.1) is 19.1 Å². The largest absolute Gasteiger partial charge is 0.497 e. The molecule has 0 saturated carbocycles. The summed E-state index contributed by atoms with van der Waals surface area (Å²) < 4.78 is 29.7. The molecule has 0 radical (unpaired) electrons. The molecule has 0 aliphatic rings. The highest BCUT2D eigenvalue weighted by atomic mass is 32.2. The fraction of sp³-hybridized carbons (Fsp3) is 0.455. The van der Waals surface area contributed by atoms with E-state index in [-0.39, 0.29) is 6.54 Å². The number of sulfonamides is 1. The number of methoxy groups -OCH3 is 1. The summed E-state index contributed by atoms with van der Waals surface area (Å²) in [6, 6.07) is 5.19. The van der Waals surface area contributed by atoms with Gasteiger partial charge in [-0.1, -0.05) is 0 Å². The summed E-state index contributed by atoms with van der Waals surface area (Å²) in [4.78, 5) is 0. The minimum absolute atomic E-state index is 0.262. The average Bonchev–Trinajstić information content (AvgIpc) is 2.28. The second-order valence-corrected chi connectivity index (χ2v) is 5.53. The molecular formula is C11H18N2O3S. The molecule has 0 amide bonds. The molecule has 0 aliphatic heterocycles. The lowest BCUT2D eigenvalue weighted by Crippen LogP contribution is -2.30. The molecule has 0 unspecified atom stereocenters. The zero-order valence-electron chi connectivity index (χ0n) is 10.3. The Hall–Kier alpha value is -1.27. The lowest BCUT2D eigenvalue weighted by Gasteiger charge is -2.23. The maximum Gasteiger partial charge on any atom is 0.232 e. The van der Waals surface area contributed by atoms with Gasteiger partial charge in [-0.25, -0.2) is 8.42 Å². The molecule has 0 saturated heterocycles. The Kier molecular flexibility index (Phi) is 4.36. The van der Waals surface area contributed by atoms with Crippen molar-refractivity contribution in [3.05, 3.63) is 23.8 Å². The molecule has 0 fully saturated rings. The van der Waals surface area contributed by atoms with E-state index in [1.165, 1.54) is 10.6 Å². The molecule has 0 heterocycles. The average molecular weight is 258 g/mol. The summed E-state index contributed by atoms with van der Waals surface area (Å²) >= 11 is 0. The molecule has 6 heteroatoms. The van der Waals surface area contributed by atoms with Crippen LogP contribution in [0.5, 0.6) is 5.75 Å². The number of ether oxygens (including phenoxy) is 1. The first-order valence-electron chi connectivity index (χ1n) is 5.28. The lowest BCUT2D eigenvalue weighted by molar-refractivity contribution is 0.414. The normalized spacial score (nSPS) is 11.3. The molecule has 0 atom stereocenters. The molecule has 0 bridgehead atoms. The molecule has 2 N–H and O–H groups in total. The Morgan fingerprint density at radius 2 is 2.06 bits per heavy atom. The van der Waals surface area contributed by atoms with Crippen LogP contribution >= 0.6 is 0 Å². The highest BCUT2D eigenvalue weighted by molar-refractivity contribution is 7.92. The molecule has 17 heavy (non-hydrogen) atoms. The zero-order valence-corrected chi connectivity index (χ0v) is 11.1. The number of benzene rings is 1. The van der Waals surface area contributed by atoms with Crippen molar-refractivity contribution in [2.45, 2.75) is 13.5 Å². The minimum Gasteiger partial charge on any atom is -0.497 e. The molecule has 5 nitrogen and oxygen atoms in total. The van der Waals surface area contributed by atoms with Crippen LogP contribution in [0.3, 0.4) is 0 Å². The van der Waals surface area contributed by atoms with E-state index in [0.717, 1.165) is 5.56 Å². The molecule has 1 rings (SSSR count). The van der Waals surface area contributed by atoms with Crippen LogP contribution in [0.4, 0.5) is 5.69 Å². The first kappa shape index (κ1) is 13.8. The topological polar surface area (TPSA) is 72.6 Å². The van der Waals surface area contributed by atoms with Gasteiger partial charge in [0.1, 0.15) is 5.75 Å². The van der Waals surface area contributed by atoms with Crippen LogP contribution in [0.25, 0.3) is 0 Å². The van der Waals surface area contributed by atoms with Gasteiger partial charge in [0.15, 0.2) is 0 Å². The van der Waals surface area contributed by atoms with Gasteiger partial charge in [0.2, 0.25) is 10.0 Å². The standard InChI is InChI=1S/C11H18N2O3S/c1-4-13(17(3,14)15)11-6-5-10(16-2)7-9(11)8-12/h5-7H,4,8,12H2,1-3H3. The molecule has 0 aliphatic carbocycles. The number of nitrogens with two attached hydrogens (primary N) is 1. The fourth-order valence-electron chi connectivity index (χ4n) is 1.68. The molecular weight excluding hydrogens is 240 g/mol. The van der Waals surface area contributed by atoms with Crippen molar-refractivity contribution in [1.82, 2.24) is 0 Å². The quantitative estimate of drug-likeness (QED) is 0.853. The van der Waals surface area contributed by atoms with E-state index in [9.17, 15) is 8.42 Å². The van der Waals surface area contributed by atoms with Crippen molar-refractivity contribution in [2.24, 2.45) is 5.73 Å². The second-order valence-electron chi connectivity index (χ2n) is 3.63. The van der Waals surface area contributed by atoms with Crippen LogP contribution in [0.2, 0.25) is 0 Å². The van der Waals surface area contributed by atoms with Crippen LogP contribution in [-0.4, -0.2) is 28.3 Å². The van der Waals surface area contributed by atoms with Gasteiger partial charge >= 0.3 is 0 Å². The van der Waals surface area contributed by atoms with Crippen molar-refractivity contribution in [3.63, 3.8) is 0 Å². The smallest absolute Gasteiger partial charge is 0.232 e. The number of hydrogen-bond donors (Lipinski definition) is 1. The van der Waals surface area contributed by atoms with E-state index in [1.54, 1.807) is 32.2 Å². The molecule has 1 aromatic rings. The van der Waals surface area contributed by atoms with E-state index in [1.807, 2.05) is 0 Å². The molecule has 1 aromatic carbocycles. The summed E-state index contributed by atoms with van der Waals surface area (Å²) in [7, 11) is -1.72. The summed E-state index contributed by atoms with van der Waals surface area (Å²) in [6.07, 6.45) is 1.18. The van der Waals surface area contributed by atoms with Crippen molar-refractivity contribution in [3.8, 4) is 5.75 Å². The van der Waals surface area contributed by atoms with E-state index in [0.29, 0.717) is 18.0 Å². The highest BCUT2D eigenvalue weighted by Gasteiger charge is 2.18. The van der Waals surface area contributed by atoms with E-state index < -0.39 is 10.0 Å². The second kappa shape index (κ2) is 5.37. The Bertz CT molecular complexity index is 485. The van der Waals surface area contributed by atoms with Gasteiger partial charge in [0.25, 0.3) is 0 Å².